The monoisotopic (exact) mass is 294 g/mol. The number of benzene rings is 1. The first-order valence-electron chi connectivity index (χ1n) is 5.80. The second-order valence-electron chi connectivity index (χ2n) is 3.69. The third-order valence-electron chi connectivity index (χ3n) is 2.33. The van der Waals surface area contributed by atoms with Crippen molar-refractivity contribution in [3.8, 4) is 0 Å². The minimum atomic E-state index is -0.618. The van der Waals surface area contributed by atoms with E-state index in [9.17, 15) is 14.0 Å². The number of halogens is 1. The SMILES string of the molecule is CCOC(=O)c1csc(NC(=O)c2ccccc2F)n1. The Kier molecular flexibility index (Phi) is 4.41. The smallest absolute Gasteiger partial charge is 0.357 e. The van der Waals surface area contributed by atoms with Gasteiger partial charge in [0.15, 0.2) is 10.8 Å². The molecule has 0 aliphatic heterocycles. The van der Waals surface area contributed by atoms with Crippen LogP contribution in [0.15, 0.2) is 29.6 Å². The summed E-state index contributed by atoms with van der Waals surface area (Å²) in [4.78, 5) is 27.2. The van der Waals surface area contributed by atoms with Gasteiger partial charge in [0.05, 0.1) is 12.2 Å². The Morgan fingerprint density at radius 2 is 2.15 bits per heavy atom. The second kappa shape index (κ2) is 6.25. The predicted octanol–water partition coefficient (Wildman–Crippen LogP) is 2.71. The van der Waals surface area contributed by atoms with E-state index in [1.54, 1.807) is 13.0 Å². The van der Waals surface area contributed by atoms with E-state index in [2.05, 4.69) is 10.3 Å². The van der Waals surface area contributed by atoms with Crippen molar-refractivity contribution in [3.63, 3.8) is 0 Å². The summed E-state index contributed by atoms with van der Waals surface area (Å²) in [5.41, 5.74) is 0.0288. The Hall–Kier alpha value is -2.28. The van der Waals surface area contributed by atoms with E-state index in [1.807, 2.05) is 0 Å². The fraction of sp³-hybridized carbons (Fsp3) is 0.154. The van der Waals surface area contributed by atoms with Gasteiger partial charge in [-0.2, -0.15) is 0 Å². The van der Waals surface area contributed by atoms with Crippen molar-refractivity contribution in [2.45, 2.75) is 6.92 Å². The maximum Gasteiger partial charge on any atom is 0.357 e. The molecule has 0 aliphatic rings. The number of aromatic nitrogens is 1. The third kappa shape index (κ3) is 3.18. The molecule has 1 heterocycles. The standard InChI is InChI=1S/C13H11FN2O3S/c1-2-19-12(18)10-7-20-13(15-10)16-11(17)8-5-3-4-6-9(8)14/h3-7H,2H2,1H3,(H,15,16,17). The molecule has 1 amide bonds. The Morgan fingerprint density at radius 3 is 2.85 bits per heavy atom. The third-order valence-corrected chi connectivity index (χ3v) is 3.09. The van der Waals surface area contributed by atoms with Crippen molar-refractivity contribution in [1.82, 2.24) is 4.98 Å². The van der Waals surface area contributed by atoms with E-state index < -0.39 is 17.7 Å². The maximum atomic E-state index is 13.4. The summed E-state index contributed by atoms with van der Waals surface area (Å²) in [5, 5.41) is 4.11. The summed E-state index contributed by atoms with van der Waals surface area (Å²) in [6.45, 7) is 1.93. The average molecular weight is 294 g/mol. The summed E-state index contributed by atoms with van der Waals surface area (Å²) in [7, 11) is 0. The van der Waals surface area contributed by atoms with Crippen LogP contribution < -0.4 is 5.32 Å². The molecule has 7 heteroatoms. The topological polar surface area (TPSA) is 68.3 Å². The average Bonchev–Trinajstić information content (AvgIpc) is 2.88. The lowest BCUT2D eigenvalue weighted by atomic mass is 10.2. The second-order valence-corrected chi connectivity index (χ2v) is 4.55. The molecular formula is C13H11FN2O3S. The summed E-state index contributed by atoms with van der Waals surface area (Å²) >= 11 is 1.07. The van der Waals surface area contributed by atoms with Gasteiger partial charge in [0, 0.05) is 5.38 Å². The number of thiazole rings is 1. The molecule has 0 aliphatic carbocycles. The summed E-state index contributed by atoms with van der Waals surface area (Å²) in [5.74, 6) is -1.80. The number of hydrogen-bond acceptors (Lipinski definition) is 5. The van der Waals surface area contributed by atoms with Crippen molar-refractivity contribution < 1.29 is 18.7 Å². The number of esters is 1. The number of carbonyl (C=O) groups excluding carboxylic acids is 2. The first-order valence-corrected chi connectivity index (χ1v) is 6.68. The molecule has 0 spiro atoms. The van der Waals surface area contributed by atoms with Crippen molar-refractivity contribution in [3.05, 3.63) is 46.7 Å². The summed E-state index contributed by atoms with van der Waals surface area (Å²) in [6.07, 6.45) is 0. The summed E-state index contributed by atoms with van der Waals surface area (Å²) in [6, 6.07) is 5.61. The van der Waals surface area contributed by atoms with Crippen molar-refractivity contribution in [2.24, 2.45) is 0 Å². The Labute approximate surface area is 118 Å². The molecule has 1 N–H and O–H groups in total. The van der Waals surface area contributed by atoms with Crippen LogP contribution >= 0.6 is 11.3 Å². The molecule has 2 aromatic rings. The molecule has 0 unspecified atom stereocenters. The number of hydrogen-bond donors (Lipinski definition) is 1. The molecule has 0 fully saturated rings. The van der Waals surface area contributed by atoms with E-state index in [0.29, 0.717) is 0 Å². The van der Waals surface area contributed by atoms with Crippen LogP contribution in [-0.4, -0.2) is 23.5 Å². The Bertz CT molecular complexity index is 642. The number of carbonyl (C=O) groups is 2. The number of rotatable bonds is 4. The lowest BCUT2D eigenvalue weighted by Crippen LogP contribution is -2.14. The molecular weight excluding hydrogens is 283 g/mol. The van der Waals surface area contributed by atoms with Gasteiger partial charge in [0.2, 0.25) is 0 Å². The van der Waals surface area contributed by atoms with Crippen LogP contribution in [0.5, 0.6) is 0 Å². The van der Waals surface area contributed by atoms with Crippen LogP contribution in [0.2, 0.25) is 0 Å². The van der Waals surface area contributed by atoms with Gasteiger partial charge in [-0.1, -0.05) is 12.1 Å². The highest BCUT2D eigenvalue weighted by atomic mass is 32.1. The van der Waals surface area contributed by atoms with Crippen LogP contribution in [0.4, 0.5) is 9.52 Å². The van der Waals surface area contributed by atoms with Crippen molar-refractivity contribution in [2.75, 3.05) is 11.9 Å². The van der Waals surface area contributed by atoms with Gasteiger partial charge in [0.25, 0.3) is 5.91 Å². The minimum Gasteiger partial charge on any atom is -0.461 e. The van der Waals surface area contributed by atoms with Crippen molar-refractivity contribution in [1.29, 1.82) is 0 Å². The molecule has 104 valence electrons. The highest BCUT2D eigenvalue weighted by Crippen LogP contribution is 2.18. The number of anilines is 1. The molecule has 0 saturated heterocycles. The molecule has 0 radical (unpaired) electrons. The van der Waals surface area contributed by atoms with Crippen molar-refractivity contribution >= 4 is 28.3 Å². The van der Waals surface area contributed by atoms with E-state index in [-0.39, 0.29) is 23.0 Å². The number of ether oxygens (including phenoxy) is 1. The molecule has 0 atom stereocenters. The van der Waals surface area contributed by atoms with E-state index in [4.69, 9.17) is 4.74 Å². The van der Waals surface area contributed by atoms with E-state index in [0.717, 1.165) is 11.3 Å². The number of nitrogens with zero attached hydrogens (tertiary/aromatic N) is 1. The number of amides is 1. The van der Waals surface area contributed by atoms with Crippen LogP contribution in [0.3, 0.4) is 0 Å². The van der Waals surface area contributed by atoms with Gasteiger partial charge < -0.3 is 4.74 Å². The van der Waals surface area contributed by atoms with Gasteiger partial charge in [-0.25, -0.2) is 14.2 Å². The number of nitrogens with one attached hydrogen (secondary N) is 1. The van der Waals surface area contributed by atoms with Crippen LogP contribution in [0, 0.1) is 5.82 Å². The van der Waals surface area contributed by atoms with Gasteiger partial charge in [0.1, 0.15) is 5.82 Å². The van der Waals surface area contributed by atoms with Crippen LogP contribution in [0.25, 0.3) is 0 Å². The maximum absolute atomic E-state index is 13.4. The normalized spacial score (nSPS) is 10.1. The molecule has 1 aromatic heterocycles. The molecule has 0 bridgehead atoms. The van der Waals surface area contributed by atoms with E-state index in [1.165, 1.54) is 23.6 Å². The molecule has 1 aromatic carbocycles. The van der Waals surface area contributed by atoms with Gasteiger partial charge in [-0.3, -0.25) is 10.1 Å². The highest BCUT2D eigenvalue weighted by Gasteiger charge is 2.15. The Balaban J connectivity index is 2.09. The summed E-state index contributed by atoms with van der Waals surface area (Å²) < 4.78 is 18.2. The zero-order valence-electron chi connectivity index (χ0n) is 10.6. The largest absolute Gasteiger partial charge is 0.461 e. The quantitative estimate of drug-likeness (QED) is 0.880. The highest BCUT2D eigenvalue weighted by molar-refractivity contribution is 7.14. The fourth-order valence-corrected chi connectivity index (χ4v) is 2.11. The zero-order valence-corrected chi connectivity index (χ0v) is 11.4. The first kappa shape index (κ1) is 14.1. The molecule has 0 saturated carbocycles. The Morgan fingerprint density at radius 1 is 1.40 bits per heavy atom. The van der Waals surface area contributed by atoms with Gasteiger partial charge in [-0.15, -0.1) is 11.3 Å². The lowest BCUT2D eigenvalue weighted by molar-refractivity contribution is 0.0520. The lowest BCUT2D eigenvalue weighted by Gasteiger charge is -2.02. The van der Waals surface area contributed by atoms with E-state index >= 15 is 0 Å². The minimum absolute atomic E-state index is 0.0830. The predicted molar refractivity (Wildman–Crippen MR) is 72.4 cm³/mol. The van der Waals surface area contributed by atoms with Gasteiger partial charge in [-0.05, 0) is 19.1 Å². The molecule has 5 nitrogen and oxygen atoms in total. The van der Waals surface area contributed by atoms with Gasteiger partial charge >= 0.3 is 5.97 Å². The molecule has 20 heavy (non-hydrogen) atoms. The zero-order chi connectivity index (χ0) is 14.5. The first-order chi connectivity index (χ1) is 9.61. The van der Waals surface area contributed by atoms with Crippen LogP contribution in [0.1, 0.15) is 27.8 Å². The fourth-order valence-electron chi connectivity index (χ4n) is 1.44. The molecule has 2 rings (SSSR count). The van der Waals surface area contributed by atoms with Crippen LogP contribution in [-0.2, 0) is 4.74 Å².